The molecule has 134 valence electrons. The standard InChI is InChI=1S/C18H36N2O2Si/c1-9-12-21-15-20-16(10-11-19-20)13-18(5,6)14-22-23(7,8)17(2,3)4/h10-11H,9,12-15H2,1-8H3. The highest BCUT2D eigenvalue weighted by atomic mass is 28.4. The fraction of sp³-hybridized carbons (Fsp3) is 0.833. The van der Waals surface area contributed by atoms with Crippen molar-refractivity contribution in [3.63, 3.8) is 0 Å². The van der Waals surface area contributed by atoms with Crippen LogP contribution in [0.5, 0.6) is 0 Å². The molecule has 0 spiro atoms. The van der Waals surface area contributed by atoms with Crippen LogP contribution in [0, 0.1) is 5.41 Å². The van der Waals surface area contributed by atoms with Crippen molar-refractivity contribution in [2.75, 3.05) is 13.2 Å². The van der Waals surface area contributed by atoms with Crippen molar-refractivity contribution in [1.29, 1.82) is 0 Å². The summed E-state index contributed by atoms with van der Waals surface area (Å²) in [6.45, 7) is 20.2. The van der Waals surface area contributed by atoms with E-state index in [-0.39, 0.29) is 10.5 Å². The van der Waals surface area contributed by atoms with Gasteiger partial charge in [0.1, 0.15) is 6.73 Å². The Morgan fingerprint density at radius 3 is 2.39 bits per heavy atom. The average molecular weight is 341 g/mol. The van der Waals surface area contributed by atoms with Gasteiger partial charge in [0.2, 0.25) is 0 Å². The van der Waals surface area contributed by atoms with Gasteiger partial charge in [0, 0.05) is 25.1 Å². The van der Waals surface area contributed by atoms with E-state index in [9.17, 15) is 0 Å². The van der Waals surface area contributed by atoms with E-state index in [0.717, 1.165) is 26.1 Å². The molecule has 0 N–H and O–H groups in total. The number of aromatic nitrogens is 2. The minimum Gasteiger partial charge on any atom is -0.416 e. The Morgan fingerprint density at radius 1 is 1.17 bits per heavy atom. The molecule has 0 aliphatic carbocycles. The topological polar surface area (TPSA) is 36.3 Å². The fourth-order valence-electron chi connectivity index (χ4n) is 2.06. The lowest BCUT2D eigenvalue weighted by molar-refractivity contribution is 0.0652. The Hall–Kier alpha value is -0.653. The maximum atomic E-state index is 6.42. The molecule has 0 bridgehead atoms. The average Bonchev–Trinajstić information content (AvgIpc) is 2.82. The Kier molecular flexibility index (Phi) is 7.05. The highest BCUT2D eigenvalue weighted by Gasteiger charge is 2.38. The molecule has 0 radical (unpaired) electrons. The number of nitrogens with zero attached hydrogens (tertiary/aromatic N) is 2. The van der Waals surface area contributed by atoms with Crippen LogP contribution in [0.3, 0.4) is 0 Å². The maximum absolute atomic E-state index is 6.42. The zero-order chi connectivity index (χ0) is 17.7. The van der Waals surface area contributed by atoms with E-state index in [4.69, 9.17) is 9.16 Å². The maximum Gasteiger partial charge on any atom is 0.192 e. The van der Waals surface area contributed by atoms with Crippen LogP contribution in [0.1, 0.15) is 53.7 Å². The predicted octanol–water partition coefficient (Wildman–Crippen LogP) is 4.86. The van der Waals surface area contributed by atoms with Crippen molar-refractivity contribution in [3.05, 3.63) is 18.0 Å². The zero-order valence-electron chi connectivity index (χ0n) is 16.4. The van der Waals surface area contributed by atoms with Crippen LogP contribution >= 0.6 is 0 Å². The van der Waals surface area contributed by atoms with Gasteiger partial charge in [0.25, 0.3) is 0 Å². The van der Waals surface area contributed by atoms with Crippen LogP contribution in [0.25, 0.3) is 0 Å². The Morgan fingerprint density at radius 2 is 1.83 bits per heavy atom. The molecular weight excluding hydrogens is 304 g/mol. The SMILES string of the molecule is CCCOCn1nccc1CC(C)(C)CO[Si](C)(C)C(C)(C)C. The van der Waals surface area contributed by atoms with Crippen molar-refractivity contribution in [3.8, 4) is 0 Å². The monoisotopic (exact) mass is 340 g/mol. The Bertz CT molecular complexity index is 476. The Labute approximate surface area is 143 Å². The quantitative estimate of drug-likeness (QED) is 0.476. The molecule has 4 nitrogen and oxygen atoms in total. The number of hydrogen-bond donors (Lipinski definition) is 0. The van der Waals surface area contributed by atoms with Gasteiger partial charge in [0.15, 0.2) is 8.32 Å². The van der Waals surface area contributed by atoms with Crippen LogP contribution in [-0.2, 0) is 22.3 Å². The number of hydrogen-bond acceptors (Lipinski definition) is 3. The molecule has 1 aromatic rings. The lowest BCUT2D eigenvalue weighted by atomic mass is 9.89. The summed E-state index contributed by atoms with van der Waals surface area (Å²) >= 11 is 0. The van der Waals surface area contributed by atoms with E-state index in [1.807, 2.05) is 10.9 Å². The number of rotatable bonds is 9. The summed E-state index contributed by atoms with van der Waals surface area (Å²) in [4.78, 5) is 0. The van der Waals surface area contributed by atoms with Gasteiger partial charge in [-0.25, -0.2) is 4.68 Å². The molecule has 0 aliphatic heterocycles. The van der Waals surface area contributed by atoms with Gasteiger partial charge < -0.3 is 9.16 Å². The molecule has 0 aliphatic rings. The van der Waals surface area contributed by atoms with Crippen LogP contribution in [0.2, 0.25) is 18.1 Å². The molecule has 0 atom stereocenters. The third-order valence-corrected chi connectivity index (χ3v) is 9.13. The summed E-state index contributed by atoms with van der Waals surface area (Å²) in [5, 5.41) is 4.63. The molecule has 1 aromatic heterocycles. The van der Waals surface area contributed by atoms with E-state index in [1.165, 1.54) is 5.69 Å². The van der Waals surface area contributed by atoms with E-state index >= 15 is 0 Å². The first kappa shape index (κ1) is 20.4. The minimum atomic E-state index is -1.70. The van der Waals surface area contributed by atoms with Crippen LogP contribution in [0.15, 0.2) is 12.3 Å². The zero-order valence-corrected chi connectivity index (χ0v) is 17.4. The van der Waals surface area contributed by atoms with Crippen LogP contribution in [-0.4, -0.2) is 31.3 Å². The first-order valence-corrected chi connectivity index (χ1v) is 11.6. The molecular formula is C18H36N2O2Si. The highest BCUT2D eigenvalue weighted by molar-refractivity contribution is 6.74. The van der Waals surface area contributed by atoms with Gasteiger partial charge >= 0.3 is 0 Å². The Balaban J connectivity index is 2.63. The molecule has 1 heterocycles. The van der Waals surface area contributed by atoms with Crippen LogP contribution in [0.4, 0.5) is 0 Å². The first-order chi connectivity index (χ1) is 10.5. The normalized spacial score (nSPS) is 13.6. The van der Waals surface area contributed by atoms with Gasteiger partial charge in [0.05, 0.1) is 0 Å². The molecule has 0 saturated heterocycles. The minimum absolute atomic E-state index is 0.0814. The molecule has 5 heteroatoms. The van der Waals surface area contributed by atoms with Crippen molar-refractivity contribution in [1.82, 2.24) is 9.78 Å². The summed E-state index contributed by atoms with van der Waals surface area (Å²) < 4.78 is 14.0. The third kappa shape index (κ3) is 6.40. The second kappa shape index (κ2) is 7.95. The van der Waals surface area contributed by atoms with E-state index < -0.39 is 8.32 Å². The van der Waals surface area contributed by atoms with E-state index in [0.29, 0.717) is 6.73 Å². The summed E-state index contributed by atoms with van der Waals surface area (Å²) in [6.07, 6.45) is 3.83. The summed E-state index contributed by atoms with van der Waals surface area (Å²) in [7, 11) is -1.70. The van der Waals surface area contributed by atoms with Gasteiger partial charge in [-0.1, -0.05) is 41.5 Å². The lowest BCUT2D eigenvalue weighted by Gasteiger charge is -2.39. The van der Waals surface area contributed by atoms with Gasteiger partial charge in [-0.2, -0.15) is 5.10 Å². The highest BCUT2D eigenvalue weighted by Crippen LogP contribution is 2.38. The second-order valence-electron chi connectivity index (χ2n) is 8.75. The van der Waals surface area contributed by atoms with Gasteiger partial charge in [-0.15, -0.1) is 0 Å². The summed E-state index contributed by atoms with van der Waals surface area (Å²) in [6, 6.07) is 2.09. The van der Waals surface area contributed by atoms with Gasteiger partial charge in [-0.3, -0.25) is 0 Å². The number of ether oxygens (including phenoxy) is 1. The van der Waals surface area contributed by atoms with Crippen molar-refractivity contribution in [2.45, 2.75) is 79.2 Å². The summed E-state index contributed by atoms with van der Waals surface area (Å²) in [5.41, 5.74) is 1.29. The fourth-order valence-corrected chi connectivity index (χ4v) is 3.24. The predicted molar refractivity (Wildman–Crippen MR) is 99.1 cm³/mol. The lowest BCUT2D eigenvalue weighted by Crippen LogP contribution is -2.43. The molecule has 0 saturated carbocycles. The molecule has 0 fully saturated rings. The molecule has 0 amide bonds. The van der Waals surface area contributed by atoms with Crippen LogP contribution < -0.4 is 0 Å². The molecule has 23 heavy (non-hydrogen) atoms. The smallest absolute Gasteiger partial charge is 0.192 e. The summed E-state index contributed by atoms with van der Waals surface area (Å²) in [5.74, 6) is 0. The van der Waals surface area contributed by atoms with Crippen molar-refractivity contribution >= 4 is 8.32 Å². The first-order valence-electron chi connectivity index (χ1n) is 8.71. The second-order valence-corrected chi connectivity index (χ2v) is 13.6. The largest absolute Gasteiger partial charge is 0.416 e. The van der Waals surface area contributed by atoms with Crippen molar-refractivity contribution < 1.29 is 9.16 Å². The van der Waals surface area contributed by atoms with E-state index in [2.05, 4.69) is 65.8 Å². The van der Waals surface area contributed by atoms with E-state index in [1.54, 1.807) is 0 Å². The molecule has 0 aromatic carbocycles. The third-order valence-electron chi connectivity index (χ3n) is 4.66. The molecule has 0 unspecified atom stereocenters. The van der Waals surface area contributed by atoms with Gasteiger partial charge in [-0.05, 0) is 42.5 Å². The molecule has 1 rings (SSSR count). The van der Waals surface area contributed by atoms with Crippen molar-refractivity contribution in [2.24, 2.45) is 5.41 Å².